The average molecular weight is 187 g/mol. The van der Waals surface area contributed by atoms with Crippen molar-refractivity contribution < 1.29 is 5.11 Å². The van der Waals surface area contributed by atoms with E-state index in [0.717, 1.165) is 28.6 Å². The Labute approximate surface area is 83.2 Å². The van der Waals surface area contributed by atoms with Gasteiger partial charge in [0.05, 0.1) is 11.2 Å². The first kappa shape index (κ1) is 9.00. The third kappa shape index (κ3) is 1.33. The van der Waals surface area contributed by atoms with Crippen LogP contribution in [0.3, 0.4) is 0 Å². The third-order valence-corrected chi connectivity index (χ3v) is 2.44. The van der Waals surface area contributed by atoms with Crippen molar-refractivity contribution in [2.45, 2.75) is 20.3 Å². The van der Waals surface area contributed by atoms with Crippen LogP contribution in [0.25, 0.3) is 10.9 Å². The molecule has 0 radical (unpaired) electrons. The van der Waals surface area contributed by atoms with Gasteiger partial charge in [0.1, 0.15) is 5.75 Å². The number of fused-ring (bicyclic) bond motifs is 1. The summed E-state index contributed by atoms with van der Waals surface area (Å²) in [6.07, 6.45) is 0.760. The van der Waals surface area contributed by atoms with Gasteiger partial charge in [-0.15, -0.1) is 0 Å². The summed E-state index contributed by atoms with van der Waals surface area (Å²) < 4.78 is 0. The van der Waals surface area contributed by atoms with Crippen molar-refractivity contribution >= 4 is 10.9 Å². The van der Waals surface area contributed by atoms with Gasteiger partial charge in [-0.2, -0.15) is 0 Å². The molecule has 1 aromatic heterocycles. The second-order valence-electron chi connectivity index (χ2n) is 3.45. The maximum atomic E-state index is 9.64. The van der Waals surface area contributed by atoms with Crippen molar-refractivity contribution in [3.63, 3.8) is 0 Å². The van der Waals surface area contributed by atoms with Gasteiger partial charge in [-0.05, 0) is 25.0 Å². The Morgan fingerprint density at radius 2 is 2.14 bits per heavy atom. The average Bonchev–Trinajstić information content (AvgIpc) is 2.17. The van der Waals surface area contributed by atoms with Crippen LogP contribution in [-0.2, 0) is 6.42 Å². The molecule has 0 aliphatic heterocycles. The lowest BCUT2D eigenvalue weighted by Gasteiger charge is -2.05. The van der Waals surface area contributed by atoms with E-state index >= 15 is 0 Å². The monoisotopic (exact) mass is 187 g/mol. The van der Waals surface area contributed by atoms with E-state index in [1.807, 2.05) is 32.0 Å². The molecule has 0 saturated heterocycles. The van der Waals surface area contributed by atoms with E-state index in [4.69, 9.17) is 0 Å². The van der Waals surface area contributed by atoms with Gasteiger partial charge in [0, 0.05) is 5.39 Å². The summed E-state index contributed by atoms with van der Waals surface area (Å²) in [5.41, 5.74) is 2.91. The number of aromatic nitrogens is 1. The van der Waals surface area contributed by atoms with E-state index < -0.39 is 0 Å². The smallest absolute Gasteiger partial charge is 0.137 e. The van der Waals surface area contributed by atoms with Gasteiger partial charge in [0.25, 0.3) is 0 Å². The molecular formula is C12H13NO. The Hall–Kier alpha value is -1.57. The normalized spacial score (nSPS) is 10.7. The molecule has 2 rings (SSSR count). The molecule has 1 aromatic carbocycles. The number of aryl methyl sites for hydroxylation is 2. The molecule has 2 nitrogen and oxygen atoms in total. The molecule has 0 saturated carbocycles. The molecule has 0 atom stereocenters. The van der Waals surface area contributed by atoms with Crippen LogP contribution in [0.2, 0.25) is 0 Å². The Bertz CT molecular complexity index is 477. The molecular weight excluding hydrogens is 174 g/mol. The van der Waals surface area contributed by atoms with Gasteiger partial charge >= 0.3 is 0 Å². The molecule has 2 heteroatoms. The zero-order valence-electron chi connectivity index (χ0n) is 8.41. The first-order valence-corrected chi connectivity index (χ1v) is 4.80. The van der Waals surface area contributed by atoms with Crippen molar-refractivity contribution in [3.8, 4) is 5.75 Å². The minimum atomic E-state index is 0.297. The lowest BCUT2D eigenvalue weighted by molar-refractivity contribution is 0.466. The molecule has 0 amide bonds. The molecule has 1 heterocycles. The minimum Gasteiger partial charge on any atom is -0.506 e. The molecule has 0 unspecified atom stereocenters. The third-order valence-electron chi connectivity index (χ3n) is 2.44. The second-order valence-corrected chi connectivity index (χ2v) is 3.45. The lowest BCUT2D eigenvalue weighted by Crippen LogP contribution is -1.90. The standard InChI is InChI=1S/C12H13NO/c1-3-10-11(14)7-9-6-4-5-8(2)12(9)13-10/h4-7,14H,3H2,1-2H3. The molecule has 2 aromatic rings. The number of rotatable bonds is 1. The number of nitrogens with zero attached hydrogens (tertiary/aromatic N) is 1. The fourth-order valence-corrected chi connectivity index (χ4v) is 1.63. The number of hydrogen-bond acceptors (Lipinski definition) is 2. The second kappa shape index (κ2) is 3.29. The van der Waals surface area contributed by atoms with Crippen molar-refractivity contribution in [2.75, 3.05) is 0 Å². The highest BCUT2D eigenvalue weighted by Crippen LogP contribution is 2.23. The van der Waals surface area contributed by atoms with Crippen LogP contribution in [-0.4, -0.2) is 10.1 Å². The van der Waals surface area contributed by atoms with E-state index in [1.54, 1.807) is 6.07 Å². The number of pyridine rings is 1. The van der Waals surface area contributed by atoms with E-state index in [1.165, 1.54) is 0 Å². The molecule has 0 fully saturated rings. The van der Waals surface area contributed by atoms with Gasteiger partial charge in [-0.25, -0.2) is 4.98 Å². The predicted octanol–water partition coefficient (Wildman–Crippen LogP) is 2.81. The Morgan fingerprint density at radius 1 is 1.36 bits per heavy atom. The zero-order valence-corrected chi connectivity index (χ0v) is 8.41. The van der Waals surface area contributed by atoms with Crippen LogP contribution in [0, 0.1) is 6.92 Å². The first-order chi connectivity index (χ1) is 6.72. The summed E-state index contributed by atoms with van der Waals surface area (Å²) in [5, 5.41) is 10.6. The summed E-state index contributed by atoms with van der Waals surface area (Å²) >= 11 is 0. The number of benzene rings is 1. The van der Waals surface area contributed by atoms with Crippen LogP contribution in [0.1, 0.15) is 18.2 Å². The van der Waals surface area contributed by atoms with Crippen molar-refractivity contribution in [1.82, 2.24) is 4.98 Å². The first-order valence-electron chi connectivity index (χ1n) is 4.80. The zero-order chi connectivity index (χ0) is 10.1. The minimum absolute atomic E-state index is 0.297. The fourth-order valence-electron chi connectivity index (χ4n) is 1.63. The van der Waals surface area contributed by atoms with Crippen molar-refractivity contribution in [1.29, 1.82) is 0 Å². The highest BCUT2D eigenvalue weighted by molar-refractivity contribution is 5.83. The molecule has 0 aliphatic rings. The molecule has 0 aliphatic carbocycles. The Balaban J connectivity index is 2.80. The highest BCUT2D eigenvalue weighted by Gasteiger charge is 2.04. The summed E-state index contributed by atoms with van der Waals surface area (Å²) in [7, 11) is 0. The molecule has 0 bridgehead atoms. The predicted molar refractivity (Wildman–Crippen MR) is 57.5 cm³/mol. The Morgan fingerprint density at radius 3 is 2.86 bits per heavy atom. The van der Waals surface area contributed by atoms with Gasteiger partial charge in [-0.1, -0.05) is 25.1 Å². The van der Waals surface area contributed by atoms with Crippen molar-refractivity contribution in [2.24, 2.45) is 0 Å². The summed E-state index contributed by atoms with van der Waals surface area (Å²) in [5.74, 6) is 0.297. The summed E-state index contributed by atoms with van der Waals surface area (Å²) in [4.78, 5) is 4.44. The van der Waals surface area contributed by atoms with E-state index in [0.29, 0.717) is 5.75 Å². The number of para-hydroxylation sites is 1. The van der Waals surface area contributed by atoms with Crippen molar-refractivity contribution in [3.05, 3.63) is 35.5 Å². The Kier molecular flexibility index (Phi) is 2.12. The van der Waals surface area contributed by atoms with Crippen LogP contribution < -0.4 is 0 Å². The summed E-state index contributed by atoms with van der Waals surface area (Å²) in [6, 6.07) is 7.76. The SMILES string of the molecule is CCc1nc2c(C)cccc2cc1O. The van der Waals surface area contributed by atoms with Crippen LogP contribution in [0.5, 0.6) is 5.75 Å². The van der Waals surface area contributed by atoms with E-state index in [-0.39, 0.29) is 0 Å². The topological polar surface area (TPSA) is 33.1 Å². The van der Waals surface area contributed by atoms with E-state index in [2.05, 4.69) is 4.98 Å². The van der Waals surface area contributed by atoms with Gasteiger partial charge in [-0.3, -0.25) is 0 Å². The van der Waals surface area contributed by atoms with Gasteiger partial charge < -0.3 is 5.11 Å². The maximum Gasteiger partial charge on any atom is 0.137 e. The van der Waals surface area contributed by atoms with Crippen LogP contribution in [0.15, 0.2) is 24.3 Å². The van der Waals surface area contributed by atoms with Crippen LogP contribution in [0.4, 0.5) is 0 Å². The molecule has 72 valence electrons. The number of hydrogen-bond donors (Lipinski definition) is 1. The molecule has 1 N–H and O–H groups in total. The molecule has 14 heavy (non-hydrogen) atoms. The molecule has 0 spiro atoms. The van der Waals surface area contributed by atoms with Gasteiger partial charge in [0.15, 0.2) is 0 Å². The summed E-state index contributed by atoms with van der Waals surface area (Å²) in [6.45, 7) is 4.03. The lowest BCUT2D eigenvalue weighted by atomic mass is 10.1. The van der Waals surface area contributed by atoms with Crippen LogP contribution >= 0.6 is 0 Å². The van der Waals surface area contributed by atoms with Gasteiger partial charge in [0.2, 0.25) is 0 Å². The maximum absolute atomic E-state index is 9.64. The quantitative estimate of drug-likeness (QED) is 0.744. The highest BCUT2D eigenvalue weighted by atomic mass is 16.3. The van der Waals surface area contributed by atoms with E-state index in [9.17, 15) is 5.11 Å². The number of aromatic hydroxyl groups is 1. The fraction of sp³-hybridized carbons (Fsp3) is 0.250. The largest absolute Gasteiger partial charge is 0.506 e.